The van der Waals surface area contributed by atoms with Gasteiger partial charge in [-0.25, -0.2) is 4.68 Å². The lowest BCUT2D eigenvalue weighted by atomic mass is 10.1. The quantitative estimate of drug-likeness (QED) is 0.290. The molecule has 0 radical (unpaired) electrons. The monoisotopic (exact) mass is 490 g/mol. The summed E-state index contributed by atoms with van der Waals surface area (Å²) in [5, 5.41) is 18.2. The van der Waals surface area contributed by atoms with Gasteiger partial charge in [0.25, 0.3) is 23.4 Å². The van der Waals surface area contributed by atoms with Crippen LogP contribution < -0.4 is 5.32 Å². The number of nitro benzene ring substituents is 1. The maximum absolute atomic E-state index is 13.1. The average molecular weight is 490 g/mol. The van der Waals surface area contributed by atoms with Gasteiger partial charge < -0.3 is 10.2 Å². The van der Waals surface area contributed by atoms with E-state index >= 15 is 0 Å². The predicted octanol–water partition coefficient (Wildman–Crippen LogP) is 2.50. The first-order chi connectivity index (χ1) is 17.3. The number of para-hydroxylation sites is 1. The molecule has 0 spiro atoms. The molecule has 4 rings (SSSR count). The van der Waals surface area contributed by atoms with Crippen LogP contribution in [0, 0.1) is 10.1 Å². The maximum atomic E-state index is 13.1. The maximum Gasteiger partial charge on any atom is 0.282 e. The van der Waals surface area contributed by atoms with E-state index in [0.717, 1.165) is 6.07 Å². The number of aromatic nitrogens is 2. The van der Waals surface area contributed by atoms with E-state index in [0.29, 0.717) is 23.7 Å². The van der Waals surface area contributed by atoms with Crippen LogP contribution in [0.3, 0.4) is 0 Å². The van der Waals surface area contributed by atoms with E-state index in [1.807, 2.05) is 13.8 Å². The molecule has 1 N–H and O–H groups in total. The van der Waals surface area contributed by atoms with Crippen molar-refractivity contribution in [3.8, 4) is 5.69 Å². The van der Waals surface area contributed by atoms with Crippen LogP contribution in [0.1, 0.15) is 44.9 Å². The van der Waals surface area contributed by atoms with Crippen LogP contribution in [0.25, 0.3) is 5.69 Å². The van der Waals surface area contributed by atoms with Gasteiger partial charge in [0.05, 0.1) is 22.4 Å². The second kappa shape index (κ2) is 9.78. The number of nitrogens with one attached hydrogen (secondary N) is 1. The van der Waals surface area contributed by atoms with E-state index < -0.39 is 34.9 Å². The molecule has 0 aliphatic carbocycles. The Kier molecular flexibility index (Phi) is 6.59. The van der Waals surface area contributed by atoms with E-state index in [2.05, 4.69) is 10.4 Å². The van der Waals surface area contributed by atoms with Gasteiger partial charge in [0.15, 0.2) is 0 Å². The Morgan fingerprint density at radius 2 is 1.72 bits per heavy atom. The third-order valence-electron chi connectivity index (χ3n) is 5.78. The summed E-state index contributed by atoms with van der Waals surface area (Å²) >= 11 is 0. The largest absolute Gasteiger partial charge is 0.339 e. The fourth-order valence-corrected chi connectivity index (χ4v) is 4.00. The molecule has 0 unspecified atom stereocenters. The summed E-state index contributed by atoms with van der Waals surface area (Å²) in [6.07, 6.45) is 1.34. The lowest BCUT2D eigenvalue weighted by Crippen LogP contribution is -2.38. The molecule has 1 aromatic heterocycles. The van der Waals surface area contributed by atoms with Gasteiger partial charge in [0, 0.05) is 19.2 Å². The molecule has 12 nitrogen and oxygen atoms in total. The number of nitrogens with zero attached hydrogens (tertiary/aromatic N) is 5. The summed E-state index contributed by atoms with van der Waals surface area (Å²) in [6.45, 7) is 3.81. The van der Waals surface area contributed by atoms with E-state index in [1.54, 1.807) is 35.2 Å². The molecule has 12 heteroatoms. The highest BCUT2D eigenvalue weighted by Crippen LogP contribution is 2.31. The molecule has 0 bridgehead atoms. The lowest BCUT2D eigenvalue weighted by Gasteiger charge is -2.19. The molecule has 36 heavy (non-hydrogen) atoms. The Balaban J connectivity index is 1.65. The summed E-state index contributed by atoms with van der Waals surface area (Å²) in [4.78, 5) is 64.5. The predicted molar refractivity (Wildman–Crippen MR) is 128 cm³/mol. The standard InChI is InChI=1S/C24H22N6O6/c1-3-27(4-2)22(32)17-13-25-29(15-9-6-5-7-10-15)21(17)26-19(31)14-28-23(33)16-11-8-12-18(30(35)36)20(16)24(28)34/h5-13H,3-4,14H2,1-2H3,(H,26,31). The minimum absolute atomic E-state index is 0.0747. The number of hydrogen-bond donors (Lipinski definition) is 1. The van der Waals surface area contributed by atoms with Crippen molar-refractivity contribution in [2.45, 2.75) is 13.8 Å². The van der Waals surface area contributed by atoms with Gasteiger partial charge in [0.2, 0.25) is 5.91 Å². The highest BCUT2D eigenvalue weighted by molar-refractivity contribution is 6.24. The van der Waals surface area contributed by atoms with Crippen LogP contribution in [-0.4, -0.2) is 67.8 Å². The molecule has 0 saturated heterocycles. The Hall–Kier alpha value is -4.87. The SMILES string of the molecule is CCN(CC)C(=O)c1cnn(-c2ccccc2)c1NC(=O)CN1C(=O)c2cccc([N+](=O)[O-])c2C1=O. The smallest absolute Gasteiger partial charge is 0.282 e. The number of hydrogen-bond acceptors (Lipinski definition) is 7. The lowest BCUT2D eigenvalue weighted by molar-refractivity contribution is -0.385. The first kappa shape index (κ1) is 24.3. The van der Waals surface area contributed by atoms with Crippen LogP contribution in [0.5, 0.6) is 0 Å². The Morgan fingerprint density at radius 3 is 2.36 bits per heavy atom. The van der Waals surface area contributed by atoms with Gasteiger partial charge in [-0.3, -0.25) is 34.2 Å². The normalized spacial score (nSPS) is 12.4. The van der Waals surface area contributed by atoms with Gasteiger partial charge in [-0.2, -0.15) is 5.10 Å². The topological polar surface area (TPSA) is 148 Å². The van der Waals surface area contributed by atoms with Crippen molar-refractivity contribution < 1.29 is 24.1 Å². The number of imide groups is 1. The number of benzene rings is 2. The number of rotatable bonds is 8. The highest BCUT2D eigenvalue weighted by atomic mass is 16.6. The van der Waals surface area contributed by atoms with Crippen LogP contribution in [0.4, 0.5) is 11.5 Å². The molecule has 2 aromatic carbocycles. The van der Waals surface area contributed by atoms with Crippen LogP contribution >= 0.6 is 0 Å². The van der Waals surface area contributed by atoms with Crippen molar-refractivity contribution in [3.63, 3.8) is 0 Å². The number of fused-ring (bicyclic) bond motifs is 1. The van der Waals surface area contributed by atoms with E-state index in [-0.39, 0.29) is 28.4 Å². The van der Waals surface area contributed by atoms with Gasteiger partial charge >= 0.3 is 0 Å². The molecule has 184 valence electrons. The van der Waals surface area contributed by atoms with Crippen molar-refractivity contribution in [1.82, 2.24) is 19.6 Å². The van der Waals surface area contributed by atoms with Crippen molar-refractivity contribution in [1.29, 1.82) is 0 Å². The summed E-state index contributed by atoms with van der Waals surface area (Å²) < 4.78 is 1.38. The fourth-order valence-electron chi connectivity index (χ4n) is 4.00. The van der Waals surface area contributed by atoms with Crippen LogP contribution in [0.15, 0.2) is 54.7 Å². The highest BCUT2D eigenvalue weighted by Gasteiger charge is 2.41. The van der Waals surface area contributed by atoms with Gasteiger partial charge in [-0.15, -0.1) is 0 Å². The van der Waals surface area contributed by atoms with Crippen molar-refractivity contribution in [2.24, 2.45) is 0 Å². The zero-order valence-corrected chi connectivity index (χ0v) is 19.5. The second-order valence-electron chi connectivity index (χ2n) is 7.83. The molecule has 1 aliphatic heterocycles. The van der Waals surface area contributed by atoms with Crippen molar-refractivity contribution in [3.05, 3.63) is 81.5 Å². The fraction of sp³-hybridized carbons (Fsp3) is 0.208. The molecular weight excluding hydrogens is 468 g/mol. The van der Waals surface area contributed by atoms with Crippen LogP contribution in [-0.2, 0) is 4.79 Å². The first-order valence-corrected chi connectivity index (χ1v) is 11.1. The van der Waals surface area contributed by atoms with Crippen molar-refractivity contribution >= 4 is 35.1 Å². The van der Waals surface area contributed by atoms with E-state index in [9.17, 15) is 29.3 Å². The molecule has 4 amide bonds. The number of amides is 4. The molecular formula is C24H22N6O6. The number of carbonyl (C=O) groups is 4. The second-order valence-corrected chi connectivity index (χ2v) is 7.83. The number of anilines is 1. The summed E-state index contributed by atoms with van der Waals surface area (Å²) in [7, 11) is 0. The van der Waals surface area contributed by atoms with E-state index in [4.69, 9.17) is 0 Å². The molecule has 2 heterocycles. The van der Waals surface area contributed by atoms with Gasteiger partial charge in [0.1, 0.15) is 23.5 Å². The summed E-state index contributed by atoms with van der Waals surface area (Å²) in [5.41, 5.74) is -0.305. The van der Waals surface area contributed by atoms with Crippen LogP contribution in [0.2, 0.25) is 0 Å². The van der Waals surface area contributed by atoms with Crippen molar-refractivity contribution in [2.75, 3.05) is 25.0 Å². The zero-order chi connectivity index (χ0) is 26.0. The zero-order valence-electron chi connectivity index (χ0n) is 19.5. The average Bonchev–Trinajstić information content (AvgIpc) is 3.39. The third-order valence-corrected chi connectivity index (χ3v) is 5.78. The Labute approximate surface area is 205 Å². The minimum Gasteiger partial charge on any atom is -0.339 e. The summed E-state index contributed by atoms with van der Waals surface area (Å²) in [5.74, 6) is -2.81. The first-order valence-electron chi connectivity index (χ1n) is 11.1. The molecule has 3 aromatic rings. The summed E-state index contributed by atoms with van der Waals surface area (Å²) in [6, 6.07) is 12.5. The minimum atomic E-state index is -0.937. The van der Waals surface area contributed by atoms with E-state index in [1.165, 1.54) is 23.0 Å². The molecule has 0 saturated carbocycles. The molecule has 0 atom stereocenters. The Bertz CT molecular complexity index is 1380. The van der Waals surface area contributed by atoms with Gasteiger partial charge in [-0.05, 0) is 32.0 Å². The number of nitro groups is 1. The number of carbonyl (C=O) groups excluding carboxylic acids is 4. The Morgan fingerprint density at radius 1 is 1.03 bits per heavy atom. The molecule has 1 aliphatic rings. The van der Waals surface area contributed by atoms with Gasteiger partial charge in [-0.1, -0.05) is 24.3 Å². The molecule has 0 fully saturated rings. The third kappa shape index (κ3) is 4.19.